The highest BCUT2D eigenvalue weighted by Gasteiger charge is 2.41. The summed E-state index contributed by atoms with van der Waals surface area (Å²) in [5.41, 5.74) is 7.15. The van der Waals surface area contributed by atoms with Crippen LogP contribution in [0.1, 0.15) is 0 Å². The molecule has 0 saturated carbocycles. The number of thiophene rings is 1. The Morgan fingerprint density at radius 2 is 1.00 bits per heavy atom. The van der Waals surface area contributed by atoms with Crippen LogP contribution in [0.3, 0.4) is 0 Å². The Bertz CT molecular complexity index is 3680. The molecular formula is C52H33N7SSi. The minimum Gasteiger partial charge on any atom is -0.294 e. The predicted molar refractivity (Wildman–Crippen MR) is 254 cm³/mol. The largest absolute Gasteiger partial charge is 0.294 e. The van der Waals surface area contributed by atoms with E-state index in [2.05, 4.69) is 208 Å². The molecular weight excluding hydrogens is 783 g/mol. The highest BCUT2D eigenvalue weighted by Crippen LogP contribution is 2.36. The second kappa shape index (κ2) is 13.1. The van der Waals surface area contributed by atoms with Crippen molar-refractivity contribution in [1.29, 1.82) is 0 Å². The van der Waals surface area contributed by atoms with Gasteiger partial charge in [-0.3, -0.25) is 8.97 Å². The highest BCUT2D eigenvalue weighted by molar-refractivity contribution is 7.25. The molecule has 61 heavy (non-hydrogen) atoms. The standard InChI is InChI=1S/C52H33N7SSi/c1-4-16-34(17-5-1)61(35-18-6-2-7-19-35,36-20-8-3-9-21-36)37-28-29-41-46(32-37)58-44-26-14-15-27-45(44)59(52(58)54-41)51-53-33-40-49-47(60-50(40)56-51)30-31-48(55-49)57-42-24-12-10-22-38(42)39-23-11-13-25-43(39)57/h1-33H. The van der Waals surface area contributed by atoms with E-state index in [1.807, 2.05) is 6.20 Å². The van der Waals surface area contributed by atoms with E-state index in [0.717, 1.165) is 65.1 Å². The van der Waals surface area contributed by atoms with Gasteiger partial charge in [0.05, 0.1) is 48.7 Å². The zero-order valence-corrected chi connectivity index (χ0v) is 34.4. The molecule has 0 spiro atoms. The molecule has 0 aliphatic rings. The molecule has 286 valence electrons. The molecule has 7 aromatic carbocycles. The summed E-state index contributed by atoms with van der Waals surface area (Å²) >= 11 is 1.64. The molecule has 0 radical (unpaired) electrons. The fraction of sp³-hybridized carbons (Fsp3) is 0. The van der Waals surface area contributed by atoms with Crippen LogP contribution in [0, 0.1) is 0 Å². The number of hydrogen-bond donors (Lipinski definition) is 0. The van der Waals surface area contributed by atoms with Crippen LogP contribution in [0.25, 0.3) is 81.8 Å². The molecule has 13 aromatic rings. The van der Waals surface area contributed by atoms with Crippen LogP contribution in [0.4, 0.5) is 0 Å². The van der Waals surface area contributed by atoms with Gasteiger partial charge in [-0.2, -0.15) is 0 Å². The molecule has 6 aromatic heterocycles. The Balaban J connectivity index is 1.01. The van der Waals surface area contributed by atoms with Crippen molar-refractivity contribution >= 4 is 110 Å². The van der Waals surface area contributed by atoms with E-state index in [1.54, 1.807) is 11.3 Å². The van der Waals surface area contributed by atoms with Gasteiger partial charge < -0.3 is 0 Å². The van der Waals surface area contributed by atoms with E-state index in [-0.39, 0.29) is 0 Å². The van der Waals surface area contributed by atoms with Gasteiger partial charge >= 0.3 is 0 Å². The molecule has 7 nitrogen and oxygen atoms in total. The number of benzene rings is 7. The first-order chi connectivity index (χ1) is 30.3. The number of aromatic nitrogens is 7. The Morgan fingerprint density at radius 3 is 1.64 bits per heavy atom. The molecule has 0 amide bonds. The summed E-state index contributed by atoms with van der Waals surface area (Å²) in [6.45, 7) is 0. The first-order valence-corrected chi connectivity index (χ1v) is 23.2. The topological polar surface area (TPSA) is 65.8 Å². The van der Waals surface area contributed by atoms with Crippen LogP contribution in [0.5, 0.6) is 0 Å². The molecule has 0 N–H and O–H groups in total. The third-order valence-corrected chi connectivity index (χ3v) is 18.1. The molecule has 0 aliphatic heterocycles. The lowest BCUT2D eigenvalue weighted by molar-refractivity contribution is 0.987. The lowest BCUT2D eigenvalue weighted by Crippen LogP contribution is -2.74. The highest BCUT2D eigenvalue weighted by atomic mass is 32.1. The van der Waals surface area contributed by atoms with E-state index in [4.69, 9.17) is 19.9 Å². The molecule has 0 unspecified atom stereocenters. The van der Waals surface area contributed by atoms with Crippen LogP contribution >= 0.6 is 11.3 Å². The third-order valence-electron chi connectivity index (χ3n) is 12.3. The Hall–Kier alpha value is -7.72. The van der Waals surface area contributed by atoms with Crippen molar-refractivity contribution in [1.82, 2.24) is 33.5 Å². The fourth-order valence-corrected chi connectivity index (χ4v) is 15.5. The van der Waals surface area contributed by atoms with Gasteiger partial charge in [0.25, 0.3) is 0 Å². The molecule has 13 rings (SSSR count). The van der Waals surface area contributed by atoms with Crippen molar-refractivity contribution < 1.29 is 0 Å². The minimum atomic E-state index is -2.78. The normalized spacial score (nSPS) is 12.3. The second-order valence-corrected chi connectivity index (χ2v) is 20.3. The second-order valence-electron chi connectivity index (χ2n) is 15.5. The molecule has 0 aliphatic carbocycles. The van der Waals surface area contributed by atoms with Gasteiger partial charge in [-0.05, 0) is 69.3 Å². The monoisotopic (exact) mass is 815 g/mol. The van der Waals surface area contributed by atoms with Crippen LogP contribution in [0.2, 0.25) is 0 Å². The number of pyridine rings is 1. The van der Waals surface area contributed by atoms with Gasteiger partial charge in [0, 0.05) is 17.0 Å². The average Bonchev–Trinajstić information content (AvgIpc) is 4.07. The summed E-state index contributed by atoms with van der Waals surface area (Å²) in [6, 6.07) is 69.8. The molecule has 6 heterocycles. The van der Waals surface area contributed by atoms with E-state index in [1.165, 1.54) is 31.5 Å². The summed E-state index contributed by atoms with van der Waals surface area (Å²) in [7, 11) is -2.78. The zero-order valence-electron chi connectivity index (χ0n) is 32.6. The lowest BCUT2D eigenvalue weighted by Gasteiger charge is -2.34. The van der Waals surface area contributed by atoms with Crippen molar-refractivity contribution in [3.05, 3.63) is 200 Å². The zero-order chi connectivity index (χ0) is 40.1. The van der Waals surface area contributed by atoms with E-state index in [9.17, 15) is 0 Å². The fourth-order valence-electron chi connectivity index (χ4n) is 9.71. The van der Waals surface area contributed by atoms with Crippen molar-refractivity contribution in [2.45, 2.75) is 0 Å². The Morgan fingerprint density at radius 1 is 0.426 bits per heavy atom. The van der Waals surface area contributed by atoms with Crippen molar-refractivity contribution in [2.24, 2.45) is 0 Å². The maximum absolute atomic E-state index is 5.33. The molecule has 0 bridgehead atoms. The van der Waals surface area contributed by atoms with Gasteiger partial charge in [-0.25, -0.2) is 24.5 Å². The maximum atomic E-state index is 5.33. The number of imidazole rings is 2. The number of hydrogen-bond acceptors (Lipinski definition) is 5. The quantitative estimate of drug-likeness (QED) is 0.124. The van der Waals surface area contributed by atoms with E-state index in [0.29, 0.717) is 5.95 Å². The van der Waals surface area contributed by atoms with Crippen LogP contribution in [0.15, 0.2) is 200 Å². The van der Waals surface area contributed by atoms with Crippen LogP contribution in [-0.2, 0) is 0 Å². The Labute approximate surface area is 354 Å². The van der Waals surface area contributed by atoms with Crippen molar-refractivity contribution in [3.8, 4) is 11.8 Å². The van der Waals surface area contributed by atoms with Gasteiger partial charge in [-0.15, -0.1) is 11.3 Å². The third kappa shape index (κ3) is 4.90. The smallest absolute Gasteiger partial charge is 0.238 e. The summed E-state index contributed by atoms with van der Waals surface area (Å²) in [4.78, 5) is 21.9. The van der Waals surface area contributed by atoms with Crippen molar-refractivity contribution in [3.63, 3.8) is 0 Å². The minimum absolute atomic E-state index is 0.574. The first kappa shape index (κ1) is 34.2. The predicted octanol–water partition coefficient (Wildman–Crippen LogP) is 9.46. The molecule has 0 saturated heterocycles. The van der Waals surface area contributed by atoms with Gasteiger partial charge in [0.2, 0.25) is 11.7 Å². The van der Waals surface area contributed by atoms with Gasteiger partial charge in [0.15, 0.2) is 8.07 Å². The number of nitrogens with zero attached hydrogens (tertiary/aromatic N) is 7. The summed E-state index contributed by atoms with van der Waals surface area (Å²) < 4.78 is 7.71. The van der Waals surface area contributed by atoms with Crippen molar-refractivity contribution in [2.75, 3.05) is 0 Å². The lowest BCUT2D eigenvalue weighted by atomic mass is 10.2. The molecule has 0 atom stereocenters. The molecule has 9 heteroatoms. The number of para-hydroxylation sites is 4. The van der Waals surface area contributed by atoms with E-state index >= 15 is 0 Å². The first-order valence-electron chi connectivity index (χ1n) is 20.4. The maximum Gasteiger partial charge on any atom is 0.238 e. The molecule has 0 fully saturated rings. The summed E-state index contributed by atoms with van der Waals surface area (Å²) in [6.07, 6.45) is 1.94. The summed E-state index contributed by atoms with van der Waals surface area (Å²) in [5, 5.41) is 8.63. The van der Waals surface area contributed by atoms with Gasteiger partial charge in [0.1, 0.15) is 10.6 Å². The number of fused-ring (bicyclic) bond motifs is 11. The Kier molecular flexibility index (Phi) is 7.36. The average molecular weight is 816 g/mol. The SMILES string of the molecule is c1ccc([Si](c2ccccc2)(c2ccccc2)c2ccc3nc4n(-c5ncc6c(n5)sc5ccc(-n7c8ccccc8c8ccccc87)nc56)c5ccccc5n4c3c2)cc1. The van der Waals surface area contributed by atoms with Crippen LogP contribution < -0.4 is 20.7 Å². The van der Waals surface area contributed by atoms with Crippen LogP contribution in [-0.4, -0.2) is 41.5 Å². The summed E-state index contributed by atoms with van der Waals surface area (Å²) in [5.74, 6) is 2.21. The van der Waals surface area contributed by atoms with E-state index < -0.39 is 8.07 Å². The van der Waals surface area contributed by atoms with Gasteiger partial charge in [-0.1, -0.05) is 146 Å². The number of rotatable bonds is 6.